The Labute approximate surface area is 162 Å². The number of para-hydroxylation sites is 2. The molecule has 0 spiro atoms. The molecule has 6 nitrogen and oxygen atoms in total. The zero-order chi connectivity index (χ0) is 19.1. The van der Waals surface area contributed by atoms with E-state index in [0.717, 1.165) is 29.0 Å². The van der Waals surface area contributed by atoms with E-state index >= 15 is 0 Å². The molecule has 0 aliphatic rings. The molecular formula is C20H22N4O2S. The summed E-state index contributed by atoms with van der Waals surface area (Å²) in [6.07, 6.45) is 0.727. The SMILES string of the molecule is CCc1nc2ccccc2n1CC(=O)NNC(=O)CSCc1ccccc1. The van der Waals surface area contributed by atoms with Crippen LogP contribution in [0.2, 0.25) is 0 Å². The predicted octanol–water partition coefficient (Wildman–Crippen LogP) is 2.68. The van der Waals surface area contributed by atoms with Crippen LogP contribution in [0.25, 0.3) is 11.0 Å². The van der Waals surface area contributed by atoms with E-state index in [1.807, 2.05) is 66.1 Å². The number of rotatable bonds is 7. The van der Waals surface area contributed by atoms with Gasteiger partial charge in [0.1, 0.15) is 12.4 Å². The molecule has 0 atom stereocenters. The maximum Gasteiger partial charge on any atom is 0.258 e. The topological polar surface area (TPSA) is 76.0 Å². The number of hydrazine groups is 1. The number of carbonyl (C=O) groups excluding carboxylic acids is 2. The molecule has 0 unspecified atom stereocenters. The maximum atomic E-state index is 12.2. The van der Waals surface area contributed by atoms with E-state index in [1.165, 1.54) is 17.3 Å². The molecule has 2 N–H and O–H groups in total. The molecule has 3 rings (SSSR count). The van der Waals surface area contributed by atoms with Gasteiger partial charge in [-0.1, -0.05) is 49.4 Å². The summed E-state index contributed by atoms with van der Waals surface area (Å²) in [6, 6.07) is 17.7. The lowest BCUT2D eigenvalue weighted by Crippen LogP contribution is -2.44. The summed E-state index contributed by atoms with van der Waals surface area (Å²) < 4.78 is 1.88. The first-order valence-electron chi connectivity index (χ1n) is 8.81. The third-order valence-electron chi connectivity index (χ3n) is 4.04. The highest BCUT2D eigenvalue weighted by Crippen LogP contribution is 2.16. The van der Waals surface area contributed by atoms with Crippen molar-refractivity contribution in [3.05, 3.63) is 66.0 Å². The number of nitrogens with one attached hydrogen (secondary N) is 2. The van der Waals surface area contributed by atoms with Crippen molar-refractivity contribution in [2.45, 2.75) is 25.6 Å². The van der Waals surface area contributed by atoms with Crippen LogP contribution in [0.15, 0.2) is 54.6 Å². The summed E-state index contributed by atoms with van der Waals surface area (Å²) in [6.45, 7) is 2.11. The Bertz CT molecular complexity index is 924. The van der Waals surface area contributed by atoms with Crippen molar-refractivity contribution in [2.24, 2.45) is 0 Å². The van der Waals surface area contributed by atoms with Gasteiger partial charge in [0.05, 0.1) is 16.8 Å². The number of carbonyl (C=O) groups is 2. The van der Waals surface area contributed by atoms with E-state index in [1.54, 1.807) is 0 Å². The fraction of sp³-hybridized carbons (Fsp3) is 0.250. The standard InChI is InChI=1S/C20H22N4O2S/c1-2-18-21-16-10-6-7-11-17(16)24(18)12-19(25)22-23-20(26)14-27-13-15-8-4-3-5-9-15/h3-11H,2,12-14H2,1H3,(H,22,25)(H,23,26). The number of thioether (sulfide) groups is 1. The van der Waals surface area contributed by atoms with Crippen LogP contribution in [-0.4, -0.2) is 27.1 Å². The molecule has 0 radical (unpaired) electrons. The predicted molar refractivity (Wildman–Crippen MR) is 108 cm³/mol. The highest BCUT2D eigenvalue weighted by atomic mass is 32.2. The van der Waals surface area contributed by atoms with Crippen LogP contribution in [0, 0.1) is 0 Å². The summed E-state index contributed by atoms with van der Waals surface area (Å²) in [5.41, 5.74) is 7.90. The third-order valence-corrected chi connectivity index (χ3v) is 5.04. The lowest BCUT2D eigenvalue weighted by molar-refractivity contribution is -0.128. The van der Waals surface area contributed by atoms with E-state index in [-0.39, 0.29) is 24.1 Å². The zero-order valence-electron chi connectivity index (χ0n) is 15.1. The highest BCUT2D eigenvalue weighted by Gasteiger charge is 2.12. The number of amides is 2. The van der Waals surface area contributed by atoms with Gasteiger partial charge in [0.15, 0.2) is 0 Å². The van der Waals surface area contributed by atoms with Gasteiger partial charge in [0.2, 0.25) is 5.91 Å². The molecule has 3 aromatic rings. The van der Waals surface area contributed by atoms with Crippen molar-refractivity contribution in [1.29, 1.82) is 0 Å². The maximum absolute atomic E-state index is 12.2. The molecule has 2 amide bonds. The molecule has 2 aromatic carbocycles. The average Bonchev–Trinajstić information content (AvgIpc) is 3.05. The first-order chi connectivity index (χ1) is 13.2. The van der Waals surface area contributed by atoms with Crippen molar-refractivity contribution >= 4 is 34.6 Å². The summed E-state index contributed by atoms with van der Waals surface area (Å²) in [7, 11) is 0. The Balaban J connectivity index is 1.48. The lowest BCUT2D eigenvalue weighted by Gasteiger charge is -2.10. The van der Waals surface area contributed by atoms with Gasteiger partial charge in [0, 0.05) is 12.2 Å². The Morgan fingerprint density at radius 3 is 2.48 bits per heavy atom. The summed E-state index contributed by atoms with van der Waals surface area (Å²) in [5, 5.41) is 0. The molecule has 0 saturated carbocycles. The van der Waals surface area contributed by atoms with Crippen LogP contribution in [0.1, 0.15) is 18.3 Å². The molecule has 1 heterocycles. The number of hydrogen-bond acceptors (Lipinski definition) is 4. The number of benzene rings is 2. The molecule has 0 aliphatic heterocycles. The van der Waals surface area contributed by atoms with Gasteiger partial charge in [0.25, 0.3) is 5.91 Å². The van der Waals surface area contributed by atoms with Crippen LogP contribution in [0.5, 0.6) is 0 Å². The summed E-state index contributed by atoms with van der Waals surface area (Å²) in [4.78, 5) is 28.7. The first kappa shape index (κ1) is 19.0. The van der Waals surface area contributed by atoms with Crippen LogP contribution in [0.4, 0.5) is 0 Å². The Hall–Kier alpha value is -2.80. The number of aromatic nitrogens is 2. The van der Waals surface area contributed by atoms with Gasteiger partial charge in [-0.25, -0.2) is 4.98 Å². The van der Waals surface area contributed by atoms with E-state index in [2.05, 4.69) is 15.8 Å². The number of hydrogen-bond donors (Lipinski definition) is 2. The fourth-order valence-corrected chi connectivity index (χ4v) is 3.55. The zero-order valence-corrected chi connectivity index (χ0v) is 16.0. The second-order valence-electron chi connectivity index (χ2n) is 6.03. The lowest BCUT2D eigenvalue weighted by atomic mass is 10.2. The van der Waals surface area contributed by atoms with E-state index < -0.39 is 0 Å². The first-order valence-corrected chi connectivity index (χ1v) is 9.96. The minimum atomic E-state index is -0.283. The summed E-state index contributed by atoms with van der Waals surface area (Å²) >= 11 is 1.50. The molecule has 0 aliphatic carbocycles. The molecule has 7 heteroatoms. The van der Waals surface area contributed by atoms with Crippen LogP contribution < -0.4 is 10.9 Å². The van der Waals surface area contributed by atoms with Gasteiger partial charge in [-0.2, -0.15) is 0 Å². The Kier molecular flexibility index (Phi) is 6.49. The Morgan fingerprint density at radius 1 is 1.00 bits per heavy atom. The molecular weight excluding hydrogens is 360 g/mol. The van der Waals surface area contributed by atoms with Crippen molar-refractivity contribution in [1.82, 2.24) is 20.4 Å². The second-order valence-corrected chi connectivity index (χ2v) is 7.02. The molecule has 27 heavy (non-hydrogen) atoms. The minimum Gasteiger partial charge on any atom is -0.318 e. The fourth-order valence-electron chi connectivity index (χ4n) is 2.77. The van der Waals surface area contributed by atoms with Gasteiger partial charge in [-0.3, -0.25) is 20.4 Å². The number of aryl methyl sites for hydroxylation is 1. The smallest absolute Gasteiger partial charge is 0.258 e. The van der Waals surface area contributed by atoms with Crippen molar-refractivity contribution in [3.63, 3.8) is 0 Å². The van der Waals surface area contributed by atoms with Crippen molar-refractivity contribution in [2.75, 3.05) is 5.75 Å². The van der Waals surface area contributed by atoms with Crippen molar-refractivity contribution < 1.29 is 9.59 Å². The van der Waals surface area contributed by atoms with Crippen LogP contribution >= 0.6 is 11.8 Å². The number of fused-ring (bicyclic) bond motifs is 1. The van der Waals surface area contributed by atoms with Gasteiger partial charge in [-0.05, 0) is 17.7 Å². The largest absolute Gasteiger partial charge is 0.318 e. The monoisotopic (exact) mass is 382 g/mol. The number of nitrogens with zero attached hydrogens (tertiary/aromatic N) is 2. The Morgan fingerprint density at radius 2 is 1.70 bits per heavy atom. The molecule has 1 aromatic heterocycles. The van der Waals surface area contributed by atoms with Crippen LogP contribution in [-0.2, 0) is 28.3 Å². The van der Waals surface area contributed by atoms with Gasteiger partial charge in [-0.15, -0.1) is 11.8 Å². The molecule has 0 fully saturated rings. The molecule has 0 bridgehead atoms. The summed E-state index contributed by atoms with van der Waals surface area (Å²) in [5.74, 6) is 1.37. The number of imidazole rings is 1. The van der Waals surface area contributed by atoms with Crippen LogP contribution in [0.3, 0.4) is 0 Å². The van der Waals surface area contributed by atoms with E-state index in [4.69, 9.17) is 0 Å². The third kappa shape index (κ3) is 5.10. The van der Waals surface area contributed by atoms with E-state index in [0.29, 0.717) is 0 Å². The quantitative estimate of drug-likeness (QED) is 0.616. The second kappa shape index (κ2) is 9.23. The minimum absolute atomic E-state index is 0.112. The molecule has 0 saturated heterocycles. The molecule has 140 valence electrons. The normalized spacial score (nSPS) is 10.7. The van der Waals surface area contributed by atoms with Gasteiger partial charge >= 0.3 is 0 Å². The average molecular weight is 382 g/mol. The highest BCUT2D eigenvalue weighted by molar-refractivity contribution is 7.99. The van der Waals surface area contributed by atoms with Crippen molar-refractivity contribution in [3.8, 4) is 0 Å². The van der Waals surface area contributed by atoms with Gasteiger partial charge < -0.3 is 4.57 Å². The van der Waals surface area contributed by atoms with E-state index in [9.17, 15) is 9.59 Å².